The lowest BCUT2D eigenvalue weighted by Crippen LogP contribution is -2.41. The third-order valence-corrected chi connectivity index (χ3v) is 6.57. The Hall–Kier alpha value is -1.48. The lowest BCUT2D eigenvalue weighted by molar-refractivity contribution is 0.0390. The van der Waals surface area contributed by atoms with Crippen LogP contribution in [0.5, 0.6) is 0 Å². The minimum absolute atomic E-state index is 0.0812. The molecule has 0 saturated carbocycles. The molecule has 0 spiro atoms. The summed E-state index contributed by atoms with van der Waals surface area (Å²) in [4.78, 5) is 16.9. The first-order valence-corrected chi connectivity index (χ1v) is 11.2. The van der Waals surface area contributed by atoms with Crippen LogP contribution in [0.25, 0.3) is 0 Å². The molecule has 150 valence electrons. The van der Waals surface area contributed by atoms with Crippen LogP contribution in [0.4, 0.5) is 0 Å². The molecule has 8 heteroatoms. The first kappa shape index (κ1) is 20.3. The Kier molecular flexibility index (Phi) is 7.23. The SMILES string of the molecule is O=C(c1cccc(S(=O)(=O)NCCN2CCOCC2)c1)N1CCCCCC1. The van der Waals surface area contributed by atoms with E-state index < -0.39 is 10.0 Å². The Morgan fingerprint density at radius 3 is 2.44 bits per heavy atom. The van der Waals surface area contributed by atoms with Gasteiger partial charge >= 0.3 is 0 Å². The molecule has 2 heterocycles. The Labute approximate surface area is 161 Å². The number of sulfonamides is 1. The molecule has 1 amide bonds. The van der Waals surface area contributed by atoms with E-state index in [2.05, 4.69) is 9.62 Å². The number of likely N-dealkylation sites (tertiary alicyclic amines) is 1. The first-order valence-electron chi connectivity index (χ1n) is 9.75. The molecule has 0 aliphatic carbocycles. The molecule has 2 aliphatic heterocycles. The van der Waals surface area contributed by atoms with Crippen LogP contribution in [-0.4, -0.2) is 76.6 Å². The number of nitrogens with one attached hydrogen (secondary N) is 1. The summed E-state index contributed by atoms with van der Waals surface area (Å²) in [5.41, 5.74) is 0.438. The third-order valence-electron chi connectivity index (χ3n) is 5.11. The average Bonchev–Trinajstić information content (AvgIpc) is 2.98. The van der Waals surface area contributed by atoms with Gasteiger partial charge in [-0.05, 0) is 31.0 Å². The number of hydrogen-bond acceptors (Lipinski definition) is 5. The second-order valence-corrected chi connectivity index (χ2v) is 8.85. The van der Waals surface area contributed by atoms with Gasteiger partial charge in [-0.25, -0.2) is 13.1 Å². The predicted octanol–water partition coefficient (Wildman–Crippen LogP) is 1.31. The van der Waals surface area contributed by atoms with Gasteiger partial charge in [0.25, 0.3) is 5.91 Å². The molecular weight excluding hydrogens is 366 g/mol. The number of morpholine rings is 1. The molecule has 27 heavy (non-hydrogen) atoms. The van der Waals surface area contributed by atoms with E-state index in [1.807, 2.05) is 4.90 Å². The minimum atomic E-state index is -3.63. The Morgan fingerprint density at radius 1 is 1.04 bits per heavy atom. The van der Waals surface area contributed by atoms with Crippen LogP contribution in [0.3, 0.4) is 0 Å². The number of hydrogen-bond donors (Lipinski definition) is 1. The Balaban J connectivity index is 1.61. The lowest BCUT2D eigenvalue weighted by atomic mass is 10.2. The van der Waals surface area contributed by atoms with Gasteiger partial charge in [0, 0.05) is 44.8 Å². The van der Waals surface area contributed by atoms with E-state index in [1.54, 1.807) is 12.1 Å². The lowest BCUT2D eigenvalue weighted by Gasteiger charge is -2.26. The molecule has 2 fully saturated rings. The summed E-state index contributed by atoms with van der Waals surface area (Å²) in [5.74, 6) is -0.0812. The van der Waals surface area contributed by atoms with Crippen molar-refractivity contribution in [2.75, 3.05) is 52.5 Å². The molecule has 7 nitrogen and oxygen atoms in total. The molecule has 3 rings (SSSR count). The fraction of sp³-hybridized carbons (Fsp3) is 0.632. The number of nitrogens with zero attached hydrogens (tertiary/aromatic N) is 2. The van der Waals surface area contributed by atoms with Crippen molar-refractivity contribution in [3.05, 3.63) is 29.8 Å². The molecule has 0 aromatic heterocycles. The van der Waals surface area contributed by atoms with Gasteiger partial charge in [0.2, 0.25) is 10.0 Å². The molecule has 0 bridgehead atoms. The highest BCUT2D eigenvalue weighted by molar-refractivity contribution is 7.89. The minimum Gasteiger partial charge on any atom is -0.379 e. The van der Waals surface area contributed by atoms with Crippen LogP contribution in [0.2, 0.25) is 0 Å². The maximum Gasteiger partial charge on any atom is 0.253 e. The van der Waals surface area contributed by atoms with Crippen LogP contribution < -0.4 is 4.72 Å². The normalized spacial score (nSPS) is 19.6. The van der Waals surface area contributed by atoms with Crippen LogP contribution >= 0.6 is 0 Å². The fourth-order valence-corrected chi connectivity index (χ4v) is 4.57. The van der Waals surface area contributed by atoms with Crippen LogP contribution in [-0.2, 0) is 14.8 Å². The Morgan fingerprint density at radius 2 is 1.74 bits per heavy atom. The number of rotatable bonds is 6. The average molecular weight is 396 g/mol. The number of carbonyl (C=O) groups excluding carboxylic acids is 1. The number of amides is 1. The van der Waals surface area contributed by atoms with Gasteiger partial charge in [-0.15, -0.1) is 0 Å². The molecule has 2 aliphatic rings. The van der Waals surface area contributed by atoms with Crippen LogP contribution in [0.1, 0.15) is 36.0 Å². The molecule has 0 unspecified atom stereocenters. The zero-order valence-corrected chi connectivity index (χ0v) is 16.5. The maximum atomic E-state index is 12.7. The zero-order valence-electron chi connectivity index (χ0n) is 15.7. The molecule has 0 atom stereocenters. The van der Waals surface area contributed by atoms with Crippen molar-refractivity contribution in [2.24, 2.45) is 0 Å². The second-order valence-electron chi connectivity index (χ2n) is 7.09. The van der Waals surface area contributed by atoms with E-state index in [0.717, 1.165) is 51.9 Å². The summed E-state index contributed by atoms with van der Waals surface area (Å²) in [6.45, 7) is 5.49. The van der Waals surface area contributed by atoms with Crippen molar-refractivity contribution < 1.29 is 17.9 Å². The van der Waals surface area contributed by atoms with E-state index in [1.165, 1.54) is 12.1 Å². The van der Waals surface area contributed by atoms with E-state index in [-0.39, 0.29) is 10.8 Å². The van der Waals surface area contributed by atoms with Crippen LogP contribution in [0, 0.1) is 0 Å². The summed E-state index contributed by atoms with van der Waals surface area (Å²) in [6, 6.07) is 6.36. The highest BCUT2D eigenvalue weighted by atomic mass is 32.2. The number of carbonyl (C=O) groups is 1. The predicted molar refractivity (Wildman–Crippen MR) is 103 cm³/mol. The van der Waals surface area contributed by atoms with Crippen molar-refractivity contribution >= 4 is 15.9 Å². The van der Waals surface area contributed by atoms with Gasteiger partial charge in [-0.2, -0.15) is 0 Å². The van der Waals surface area contributed by atoms with Crippen molar-refractivity contribution in [1.82, 2.24) is 14.5 Å². The van der Waals surface area contributed by atoms with Crippen molar-refractivity contribution in [3.63, 3.8) is 0 Å². The fourth-order valence-electron chi connectivity index (χ4n) is 3.50. The van der Waals surface area contributed by atoms with Gasteiger partial charge in [-0.1, -0.05) is 18.9 Å². The highest BCUT2D eigenvalue weighted by Gasteiger charge is 2.20. The highest BCUT2D eigenvalue weighted by Crippen LogP contribution is 2.16. The van der Waals surface area contributed by atoms with E-state index in [9.17, 15) is 13.2 Å². The van der Waals surface area contributed by atoms with Crippen LogP contribution in [0.15, 0.2) is 29.2 Å². The summed E-state index contributed by atoms with van der Waals surface area (Å²) >= 11 is 0. The van der Waals surface area contributed by atoms with Gasteiger partial charge < -0.3 is 9.64 Å². The summed E-state index contributed by atoms with van der Waals surface area (Å²) in [5, 5.41) is 0. The molecular formula is C19H29N3O4S. The van der Waals surface area contributed by atoms with Crippen molar-refractivity contribution in [3.8, 4) is 0 Å². The Bertz CT molecular complexity index is 724. The van der Waals surface area contributed by atoms with Gasteiger partial charge in [-0.3, -0.25) is 9.69 Å². The monoisotopic (exact) mass is 395 g/mol. The van der Waals surface area contributed by atoms with Gasteiger partial charge in [0.15, 0.2) is 0 Å². The largest absolute Gasteiger partial charge is 0.379 e. The smallest absolute Gasteiger partial charge is 0.253 e. The summed E-state index contributed by atoms with van der Waals surface area (Å²) in [7, 11) is -3.63. The van der Waals surface area contributed by atoms with E-state index >= 15 is 0 Å². The first-order chi connectivity index (χ1) is 13.1. The molecule has 1 aromatic carbocycles. The van der Waals surface area contributed by atoms with Gasteiger partial charge in [0.05, 0.1) is 18.1 Å². The molecule has 1 aromatic rings. The van der Waals surface area contributed by atoms with Crippen molar-refractivity contribution in [1.29, 1.82) is 0 Å². The maximum absolute atomic E-state index is 12.7. The summed E-state index contributed by atoms with van der Waals surface area (Å²) in [6.07, 6.45) is 4.30. The molecule has 0 radical (unpaired) electrons. The zero-order chi connectivity index (χ0) is 19.1. The standard InChI is InChI=1S/C19H29N3O4S/c23-19(22-9-3-1-2-4-10-22)17-6-5-7-18(16-17)27(24,25)20-8-11-21-12-14-26-15-13-21/h5-7,16,20H,1-4,8-15H2. The van der Waals surface area contributed by atoms with E-state index in [4.69, 9.17) is 4.74 Å². The molecule has 2 saturated heterocycles. The molecule has 1 N–H and O–H groups in total. The third kappa shape index (κ3) is 5.75. The number of benzene rings is 1. The van der Waals surface area contributed by atoms with Crippen molar-refractivity contribution in [2.45, 2.75) is 30.6 Å². The second kappa shape index (κ2) is 9.64. The quantitative estimate of drug-likeness (QED) is 0.786. The van der Waals surface area contributed by atoms with E-state index in [0.29, 0.717) is 31.9 Å². The summed E-state index contributed by atoms with van der Waals surface area (Å²) < 4.78 is 33.1. The van der Waals surface area contributed by atoms with Gasteiger partial charge in [0.1, 0.15) is 0 Å². The topological polar surface area (TPSA) is 79.0 Å². The number of ether oxygens (including phenoxy) is 1.